The second-order valence-corrected chi connectivity index (χ2v) is 11.5. The zero-order valence-corrected chi connectivity index (χ0v) is 21.4. The zero-order valence-electron chi connectivity index (χ0n) is 18.3. The molecule has 3 heterocycles. The van der Waals surface area contributed by atoms with Crippen molar-refractivity contribution in [2.45, 2.75) is 37.1 Å². The minimum atomic E-state index is -0.0193. The highest BCUT2D eigenvalue weighted by Crippen LogP contribution is 2.38. The Hall–Kier alpha value is -2.32. The molecule has 0 amide bonds. The Morgan fingerprint density at radius 1 is 1.12 bits per heavy atom. The molecule has 34 heavy (non-hydrogen) atoms. The van der Waals surface area contributed by atoms with E-state index in [1.54, 1.807) is 27.7 Å². The summed E-state index contributed by atoms with van der Waals surface area (Å²) in [6.07, 6.45) is 3.04. The standard InChI is InChI=1S/C25H20Cl2N4OS2/c1-14-7-9-17-20(11-14)34-23-21(17)22(32)30(16-5-3-2-4-6-16)24-28-29-25(31(23)24)33-13-15-8-10-18(26)19(27)12-15/h2-6,8,10,12,14H,7,9,11,13H2,1H3/t14-/m0/s1. The number of fused-ring (bicyclic) bond motifs is 5. The van der Waals surface area contributed by atoms with Gasteiger partial charge in [0.2, 0.25) is 5.78 Å². The number of rotatable bonds is 4. The first-order chi connectivity index (χ1) is 16.5. The summed E-state index contributed by atoms with van der Waals surface area (Å²) in [7, 11) is 0. The van der Waals surface area contributed by atoms with Crippen LogP contribution in [-0.4, -0.2) is 19.2 Å². The fraction of sp³-hybridized carbons (Fsp3) is 0.240. The lowest BCUT2D eigenvalue weighted by atomic mass is 9.89. The lowest BCUT2D eigenvalue weighted by Gasteiger charge is -2.17. The average Bonchev–Trinajstić information content (AvgIpc) is 3.42. The molecular formula is C25H20Cl2N4OS2. The molecule has 172 valence electrons. The third-order valence-electron chi connectivity index (χ3n) is 6.30. The number of aromatic nitrogens is 4. The van der Waals surface area contributed by atoms with Crippen molar-refractivity contribution < 1.29 is 0 Å². The van der Waals surface area contributed by atoms with Gasteiger partial charge in [0.1, 0.15) is 4.83 Å². The quantitative estimate of drug-likeness (QED) is 0.241. The largest absolute Gasteiger partial charge is 0.268 e. The first kappa shape index (κ1) is 22.2. The normalized spacial score (nSPS) is 15.8. The third kappa shape index (κ3) is 3.66. The van der Waals surface area contributed by atoms with Gasteiger partial charge < -0.3 is 0 Å². The molecule has 9 heteroatoms. The van der Waals surface area contributed by atoms with Crippen molar-refractivity contribution in [3.63, 3.8) is 0 Å². The highest BCUT2D eigenvalue weighted by atomic mass is 35.5. The lowest BCUT2D eigenvalue weighted by Crippen LogP contribution is -2.22. The molecule has 5 aromatic rings. The average molecular weight is 528 g/mol. The molecule has 1 aliphatic carbocycles. The first-order valence-electron chi connectivity index (χ1n) is 11.1. The van der Waals surface area contributed by atoms with Crippen molar-refractivity contribution in [2.75, 3.05) is 0 Å². The van der Waals surface area contributed by atoms with Gasteiger partial charge in [0.05, 0.1) is 21.1 Å². The number of thiophene rings is 1. The Labute approximate surface area is 214 Å². The summed E-state index contributed by atoms with van der Waals surface area (Å²) in [5.41, 5.74) is 3.01. The molecule has 1 atom stereocenters. The van der Waals surface area contributed by atoms with Gasteiger partial charge in [0.25, 0.3) is 5.56 Å². The van der Waals surface area contributed by atoms with Gasteiger partial charge in [0.15, 0.2) is 5.16 Å². The Morgan fingerprint density at radius 3 is 2.74 bits per heavy atom. The molecule has 0 bridgehead atoms. The third-order valence-corrected chi connectivity index (χ3v) is 9.27. The van der Waals surface area contributed by atoms with Crippen LogP contribution in [0.4, 0.5) is 0 Å². The molecule has 3 aromatic heterocycles. The van der Waals surface area contributed by atoms with Crippen molar-refractivity contribution in [3.8, 4) is 5.69 Å². The summed E-state index contributed by atoms with van der Waals surface area (Å²) in [4.78, 5) is 16.1. The number of aryl methyl sites for hydroxylation is 1. The maximum absolute atomic E-state index is 13.9. The first-order valence-corrected chi connectivity index (χ1v) is 13.6. The van der Waals surface area contributed by atoms with Gasteiger partial charge in [0, 0.05) is 10.6 Å². The predicted molar refractivity (Wildman–Crippen MR) is 141 cm³/mol. The smallest absolute Gasteiger partial charge is 0.268 e. The van der Waals surface area contributed by atoms with Gasteiger partial charge in [-0.25, -0.2) is 8.97 Å². The minimum Gasteiger partial charge on any atom is -0.268 e. The van der Waals surface area contributed by atoms with Gasteiger partial charge in [-0.15, -0.1) is 21.5 Å². The van der Waals surface area contributed by atoms with Crippen LogP contribution in [0.2, 0.25) is 10.0 Å². The summed E-state index contributed by atoms with van der Waals surface area (Å²) in [6.45, 7) is 2.28. The second kappa shape index (κ2) is 8.72. The summed E-state index contributed by atoms with van der Waals surface area (Å²) in [5.74, 6) is 1.81. The fourth-order valence-corrected chi connectivity index (χ4v) is 7.34. The Kier molecular flexibility index (Phi) is 5.68. The maximum atomic E-state index is 13.9. The van der Waals surface area contributed by atoms with Crippen LogP contribution in [0, 0.1) is 5.92 Å². The molecule has 5 nitrogen and oxygen atoms in total. The number of benzene rings is 2. The predicted octanol–water partition coefficient (Wildman–Crippen LogP) is 6.82. The lowest BCUT2D eigenvalue weighted by molar-refractivity contribution is 0.509. The van der Waals surface area contributed by atoms with E-state index in [0.29, 0.717) is 27.5 Å². The van der Waals surface area contributed by atoms with Gasteiger partial charge in [-0.1, -0.05) is 66.2 Å². The Morgan fingerprint density at radius 2 is 1.94 bits per heavy atom. The summed E-state index contributed by atoms with van der Waals surface area (Å²) >= 11 is 15.6. The molecule has 0 radical (unpaired) electrons. The van der Waals surface area contributed by atoms with E-state index in [2.05, 4.69) is 21.5 Å². The Bertz CT molecular complexity index is 1610. The van der Waals surface area contributed by atoms with Crippen LogP contribution in [0.25, 0.3) is 21.7 Å². The van der Waals surface area contributed by atoms with E-state index in [4.69, 9.17) is 23.2 Å². The summed E-state index contributed by atoms with van der Waals surface area (Å²) in [5, 5.41) is 11.6. The van der Waals surface area contributed by atoms with E-state index in [0.717, 1.165) is 45.9 Å². The highest BCUT2D eigenvalue weighted by Gasteiger charge is 2.27. The molecule has 6 rings (SSSR count). The van der Waals surface area contributed by atoms with Crippen molar-refractivity contribution >= 4 is 62.3 Å². The number of para-hydroxylation sites is 1. The number of hydrogen-bond donors (Lipinski definition) is 0. The maximum Gasteiger partial charge on any atom is 0.268 e. The summed E-state index contributed by atoms with van der Waals surface area (Å²) < 4.78 is 3.75. The van der Waals surface area contributed by atoms with E-state index in [-0.39, 0.29) is 5.56 Å². The van der Waals surface area contributed by atoms with Crippen LogP contribution < -0.4 is 5.56 Å². The molecule has 0 spiro atoms. The molecule has 1 aliphatic rings. The zero-order chi connectivity index (χ0) is 23.4. The van der Waals surface area contributed by atoms with Gasteiger partial charge in [-0.3, -0.25) is 4.79 Å². The van der Waals surface area contributed by atoms with Crippen LogP contribution in [-0.2, 0) is 18.6 Å². The SMILES string of the molecule is C[C@H]1CCc2c(sc3c2c(=O)n(-c2ccccc2)c2nnc(SCc4ccc(Cl)c(Cl)c4)n32)C1. The van der Waals surface area contributed by atoms with E-state index in [9.17, 15) is 4.79 Å². The summed E-state index contributed by atoms with van der Waals surface area (Å²) in [6, 6.07) is 15.3. The van der Waals surface area contributed by atoms with Crippen LogP contribution in [0.1, 0.15) is 29.3 Å². The molecule has 0 N–H and O–H groups in total. The molecule has 0 saturated carbocycles. The van der Waals surface area contributed by atoms with Crippen molar-refractivity contribution in [2.24, 2.45) is 5.92 Å². The van der Waals surface area contributed by atoms with Gasteiger partial charge in [-0.2, -0.15) is 0 Å². The van der Waals surface area contributed by atoms with E-state index < -0.39 is 0 Å². The van der Waals surface area contributed by atoms with Crippen LogP contribution in [0.15, 0.2) is 58.5 Å². The molecule has 0 unspecified atom stereocenters. The Balaban J connectivity index is 1.57. The van der Waals surface area contributed by atoms with Crippen molar-refractivity contribution in [3.05, 3.63) is 84.9 Å². The van der Waals surface area contributed by atoms with Crippen LogP contribution in [0.5, 0.6) is 0 Å². The van der Waals surface area contributed by atoms with E-state index >= 15 is 0 Å². The van der Waals surface area contributed by atoms with Crippen LogP contribution in [0.3, 0.4) is 0 Å². The number of nitrogens with zero attached hydrogens (tertiary/aromatic N) is 4. The number of halogens is 2. The molecule has 2 aromatic carbocycles. The van der Waals surface area contributed by atoms with Crippen molar-refractivity contribution in [1.82, 2.24) is 19.2 Å². The molecule has 0 aliphatic heterocycles. The van der Waals surface area contributed by atoms with Crippen LogP contribution >= 0.6 is 46.3 Å². The highest BCUT2D eigenvalue weighted by molar-refractivity contribution is 7.98. The fourth-order valence-electron chi connectivity index (χ4n) is 4.58. The minimum absolute atomic E-state index is 0.0193. The van der Waals surface area contributed by atoms with Gasteiger partial charge in [-0.05, 0) is 60.6 Å². The second-order valence-electron chi connectivity index (χ2n) is 8.66. The monoisotopic (exact) mass is 526 g/mol. The number of hydrogen-bond acceptors (Lipinski definition) is 5. The van der Waals surface area contributed by atoms with E-state index in [1.807, 2.05) is 48.5 Å². The van der Waals surface area contributed by atoms with Gasteiger partial charge >= 0.3 is 0 Å². The molecular weight excluding hydrogens is 507 g/mol. The topological polar surface area (TPSA) is 52.2 Å². The van der Waals surface area contributed by atoms with E-state index in [1.165, 1.54) is 10.4 Å². The number of thioether (sulfide) groups is 1. The molecule has 0 saturated heterocycles. The van der Waals surface area contributed by atoms with Crippen molar-refractivity contribution in [1.29, 1.82) is 0 Å². The molecule has 0 fully saturated rings.